The van der Waals surface area contributed by atoms with Crippen LogP contribution in [-0.4, -0.2) is 47.9 Å². The zero-order valence-electron chi connectivity index (χ0n) is 16.6. The second-order valence-corrected chi connectivity index (χ2v) is 6.98. The summed E-state index contributed by atoms with van der Waals surface area (Å²) in [6, 6.07) is 15.2. The van der Waals surface area contributed by atoms with Crippen LogP contribution in [-0.2, 0) is 9.59 Å². The molecule has 0 aliphatic carbocycles. The minimum Gasteiger partial charge on any atom is -0.389 e. The van der Waals surface area contributed by atoms with Gasteiger partial charge in [-0.25, -0.2) is 0 Å². The molecule has 0 radical (unpaired) electrons. The Morgan fingerprint density at radius 2 is 1.48 bits per heavy atom. The highest BCUT2D eigenvalue weighted by atomic mass is 16.3. The van der Waals surface area contributed by atoms with Gasteiger partial charge in [0.05, 0.1) is 18.1 Å². The number of aliphatic hydroxyl groups is 1. The van der Waals surface area contributed by atoms with Crippen molar-refractivity contribution < 1.29 is 19.5 Å². The van der Waals surface area contributed by atoms with E-state index in [-0.39, 0.29) is 30.7 Å². The van der Waals surface area contributed by atoms with Gasteiger partial charge >= 0.3 is 0 Å². The minimum absolute atomic E-state index is 0.00387. The molecular formula is C22H27N3O4. The van der Waals surface area contributed by atoms with Crippen molar-refractivity contribution >= 4 is 17.6 Å². The van der Waals surface area contributed by atoms with Crippen molar-refractivity contribution in [1.82, 2.24) is 10.6 Å². The molecule has 0 aliphatic heterocycles. The number of aliphatic hydroxyl groups excluding tert-OH is 1. The molecule has 0 aromatic heterocycles. The van der Waals surface area contributed by atoms with Gasteiger partial charge in [0.1, 0.15) is 0 Å². The second-order valence-electron chi connectivity index (χ2n) is 6.98. The Bertz CT molecular complexity index is 852. The molecule has 0 spiro atoms. The molecule has 0 bridgehead atoms. The molecule has 29 heavy (non-hydrogen) atoms. The van der Waals surface area contributed by atoms with E-state index < -0.39 is 18.1 Å². The van der Waals surface area contributed by atoms with E-state index in [2.05, 4.69) is 10.6 Å². The summed E-state index contributed by atoms with van der Waals surface area (Å²) in [4.78, 5) is 36.4. The molecule has 2 rings (SSSR count). The van der Waals surface area contributed by atoms with Crippen LogP contribution >= 0.6 is 0 Å². The van der Waals surface area contributed by atoms with Crippen LogP contribution in [0.4, 0.5) is 0 Å². The molecule has 3 atom stereocenters. The first-order chi connectivity index (χ1) is 13.8. The lowest BCUT2D eigenvalue weighted by Crippen LogP contribution is -2.45. The Kier molecular flexibility index (Phi) is 8.06. The van der Waals surface area contributed by atoms with E-state index in [1.165, 1.54) is 0 Å². The Labute approximate surface area is 170 Å². The molecule has 0 saturated carbocycles. The van der Waals surface area contributed by atoms with Crippen LogP contribution in [0.25, 0.3) is 0 Å². The Morgan fingerprint density at radius 3 is 2.10 bits per heavy atom. The zero-order valence-corrected chi connectivity index (χ0v) is 16.6. The third-order valence-corrected chi connectivity index (χ3v) is 4.52. The van der Waals surface area contributed by atoms with Crippen molar-refractivity contribution in [2.45, 2.75) is 31.9 Å². The van der Waals surface area contributed by atoms with Gasteiger partial charge < -0.3 is 21.5 Å². The maximum Gasteiger partial charge on any atom is 0.236 e. The maximum absolute atomic E-state index is 12.6. The number of hydrogen-bond acceptors (Lipinski definition) is 5. The van der Waals surface area contributed by atoms with E-state index in [9.17, 15) is 19.5 Å². The normalized spacial score (nSPS) is 13.8. The van der Waals surface area contributed by atoms with Crippen LogP contribution in [0, 0.1) is 0 Å². The first-order valence-corrected chi connectivity index (χ1v) is 9.48. The summed E-state index contributed by atoms with van der Waals surface area (Å²) in [5, 5.41) is 15.1. The van der Waals surface area contributed by atoms with Crippen molar-refractivity contribution in [2.75, 3.05) is 13.1 Å². The number of carbonyl (C=O) groups is 3. The highest BCUT2D eigenvalue weighted by Crippen LogP contribution is 2.19. The number of amides is 2. The van der Waals surface area contributed by atoms with Crippen LogP contribution in [0.1, 0.15) is 41.3 Å². The third-order valence-electron chi connectivity index (χ3n) is 4.52. The van der Waals surface area contributed by atoms with Gasteiger partial charge in [-0.05, 0) is 25.5 Å². The molecule has 154 valence electrons. The minimum atomic E-state index is -0.931. The number of nitrogens with one attached hydrogen (secondary N) is 2. The zero-order chi connectivity index (χ0) is 21.4. The average Bonchev–Trinajstić information content (AvgIpc) is 2.75. The molecule has 0 saturated heterocycles. The highest BCUT2D eigenvalue weighted by Gasteiger charge is 2.18. The first kappa shape index (κ1) is 22.3. The average molecular weight is 397 g/mol. The first-order valence-electron chi connectivity index (χ1n) is 9.48. The number of carbonyl (C=O) groups excluding carboxylic acids is 3. The Morgan fingerprint density at radius 1 is 0.897 bits per heavy atom. The van der Waals surface area contributed by atoms with Crippen LogP contribution < -0.4 is 16.4 Å². The summed E-state index contributed by atoms with van der Waals surface area (Å²) < 4.78 is 0. The van der Waals surface area contributed by atoms with Gasteiger partial charge in [0.2, 0.25) is 11.8 Å². The number of rotatable bonds is 9. The van der Waals surface area contributed by atoms with Crippen LogP contribution in [0.3, 0.4) is 0 Å². The number of ketones is 1. The van der Waals surface area contributed by atoms with E-state index in [0.717, 1.165) is 0 Å². The molecule has 0 aliphatic rings. The van der Waals surface area contributed by atoms with Crippen LogP contribution in [0.15, 0.2) is 54.6 Å². The molecule has 2 amide bonds. The molecule has 5 N–H and O–H groups in total. The standard InChI is InChI=1S/C22H27N3O4/c1-14(21(28)24-12-19(26)13-25-22(29)15(2)23)17-9-6-10-18(11-17)20(27)16-7-4-3-5-8-16/h3-11,14-15,19,26H,12-13,23H2,1-2H3,(H,24,28)(H,25,29)/t14?,15-,19?/m0/s1. The number of nitrogens with two attached hydrogens (primary N) is 1. The molecule has 2 unspecified atom stereocenters. The second kappa shape index (κ2) is 10.5. The molecule has 2 aromatic carbocycles. The molecule has 7 nitrogen and oxygen atoms in total. The lowest BCUT2D eigenvalue weighted by atomic mass is 9.95. The van der Waals surface area contributed by atoms with Crippen molar-refractivity contribution in [2.24, 2.45) is 5.73 Å². The largest absolute Gasteiger partial charge is 0.389 e. The van der Waals surface area contributed by atoms with E-state index in [1.54, 1.807) is 62.4 Å². The number of benzene rings is 2. The predicted molar refractivity (Wildman–Crippen MR) is 110 cm³/mol. The SMILES string of the molecule is CC(C(=O)NCC(O)CNC(=O)[C@H](C)N)c1cccc(C(=O)c2ccccc2)c1. The Balaban J connectivity index is 1.94. The lowest BCUT2D eigenvalue weighted by Gasteiger charge is -2.17. The van der Waals surface area contributed by atoms with Gasteiger partial charge in [-0.15, -0.1) is 0 Å². The summed E-state index contributed by atoms with van der Waals surface area (Å²) in [7, 11) is 0. The maximum atomic E-state index is 12.6. The van der Waals surface area contributed by atoms with E-state index in [4.69, 9.17) is 5.73 Å². The van der Waals surface area contributed by atoms with Crippen molar-refractivity contribution in [1.29, 1.82) is 0 Å². The van der Waals surface area contributed by atoms with Gasteiger partial charge in [-0.2, -0.15) is 0 Å². The third kappa shape index (κ3) is 6.51. The predicted octanol–water partition coefficient (Wildman–Crippen LogP) is 0.962. The summed E-state index contributed by atoms with van der Waals surface area (Å²) in [5.74, 6) is -1.28. The smallest absolute Gasteiger partial charge is 0.236 e. The van der Waals surface area contributed by atoms with Crippen molar-refractivity contribution in [3.8, 4) is 0 Å². The lowest BCUT2D eigenvalue weighted by molar-refractivity contribution is -0.122. The Hall–Kier alpha value is -3.03. The summed E-state index contributed by atoms with van der Waals surface area (Å²) in [6.07, 6.45) is -0.931. The van der Waals surface area contributed by atoms with E-state index in [1.807, 2.05) is 6.07 Å². The fourth-order valence-electron chi connectivity index (χ4n) is 2.68. The molecule has 0 fully saturated rings. The van der Waals surface area contributed by atoms with Crippen LogP contribution in [0.2, 0.25) is 0 Å². The fourth-order valence-corrected chi connectivity index (χ4v) is 2.68. The van der Waals surface area contributed by atoms with Gasteiger partial charge in [0.25, 0.3) is 0 Å². The molecule has 0 heterocycles. The van der Waals surface area contributed by atoms with Crippen molar-refractivity contribution in [3.05, 3.63) is 71.3 Å². The van der Waals surface area contributed by atoms with Crippen LogP contribution in [0.5, 0.6) is 0 Å². The summed E-state index contributed by atoms with van der Waals surface area (Å²) in [6.45, 7) is 3.26. The summed E-state index contributed by atoms with van der Waals surface area (Å²) >= 11 is 0. The van der Waals surface area contributed by atoms with Gasteiger partial charge in [0.15, 0.2) is 5.78 Å². The number of hydrogen-bond donors (Lipinski definition) is 4. The molecule has 7 heteroatoms. The highest BCUT2D eigenvalue weighted by molar-refractivity contribution is 6.09. The summed E-state index contributed by atoms with van der Waals surface area (Å²) in [5.41, 5.74) is 7.22. The molecule has 2 aromatic rings. The molecular weight excluding hydrogens is 370 g/mol. The van der Waals surface area contributed by atoms with E-state index >= 15 is 0 Å². The monoisotopic (exact) mass is 397 g/mol. The van der Waals surface area contributed by atoms with Gasteiger partial charge in [-0.1, -0.05) is 48.5 Å². The van der Waals surface area contributed by atoms with Gasteiger partial charge in [0, 0.05) is 24.2 Å². The topological polar surface area (TPSA) is 122 Å². The van der Waals surface area contributed by atoms with Crippen molar-refractivity contribution in [3.63, 3.8) is 0 Å². The van der Waals surface area contributed by atoms with E-state index in [0.29, 0.717) is 16.7 Å². The quantitative estimate of drug-likeness (QED) is 0.470. The van der Waals surface area contributed by atoms with Gasteiger partial charge in [-0.3, -0.25) is 14.4 Å². The fraction of sp³-hybridized carbons (Fsp3) is 0.318.